The van der Waals surface area contributed by atoms with E-state index in [1.807, 2.05) is 30.2 Å². The van der Waals surface area contributed by atoms with E-state index in [2.05, 4.69) is 5.32 Å². The molecule has 2 heterocycles. The van der Waals surface area contributed by atoms with E-state index in [1.54, 1.807) is 6.07 Å². The molecule has 182 valence electrons. The Bertz CT molecular complexity index is 1240. The fraction of sp³-hybridized carbons (Fsp3) is 0.560. The minimum Gasteiger partial charge on any atom is -0.477 e. The Morgan fingerprint density at radius 2 is 1.88 bits per heavy atom. The summed E-state index contributed by atoms with van der Waals surface area (Å²) in [7, 11) is 0. The highest BCUT2D eigenvalue weighted by atomic mass is 19.1. The van der Waals surface area contributed by atoms with Gasteiger partial charge in [-0.15, -0.1) is 0 Å². The standard InChI is InChI=1S/C25H30FN3O5/c1-24(2,3)34-23(33)27-20-12-25(20)6-8-28(9-7-25)19-11-18-15(10-17(19)26)21(30)16(22(31)32)13-29(18)14-4-5-14/h10-11,13-14,20H,4-9,12H2,1-3H3,(H,27,33)(H,31,32). The molecule has 0 radical (unpaired) electrons. The van der Waals surface area contributed by atoms with Crippen molar-refractivity contribution in [3.05, 3.63) is 39.9 Å². The Hall–Kier alpha value is -3.10. The van der Waals surface area contributed by atoms with Crippen molar-refractivity contribution in [1.82, 2.24) is 9.88 Å². The van der Waals surface area contributed by atoms with Gasteiger partial charge in [-0.3, -0.25) is 4.79 Å². The number of hydrogen-bond donors (Lipinski definition) is 2. The summed E-state index contributed by atoms with van der Waals surface area (Å²) in [6.07, 6.45) is 5.32. The number of carboxylic acids is 1. The van der Waals surface area contributed by atoms with Crippen molar-refractivity contribution in [2.75, 3.05) is 18.0 Å². The number of pyridine rings is 1. The van der Waals surface area contributed by atoms with Gasteiger partial charge in [-0.05, 0) is 70.4 Å². The number of halogens is 1. The molecule has 1 amide bonds. The number of carbonyl (C=O) groups excluding carboxylic acids is 1. The van der Waals surface area contributed by atoms with Gasteiger partial charge in [0.15, 0.2) is 0 Å². The van der Waals surface area contributed by atoms with Crippen LogP contribution in [0.5, 0.6) is 0 Å². The van der Waals surface area contributed by atoms with Crippen molar-refractivity contribution < 1.29 is 23.8 Å². The number of aromatic carboxylic acids is 1. The second-order valence-corrected chi connectivity index (χ2v) is 10.9. The lowest BCUT2D eigenvalue weighted by Gasteiger charge is -2.35. The molecule has 1 spiro atoms. The van der Waals surface area contributed by atoms with Crippen LogP contribution in [0.15, 0.2) is 23.1 Å². The molecule has 9 heteroatoms. The quantitative estimate of drug-likeness (QED) is 0.698. The number of nitrogens with one attached hydrogen (secondary N) is 1. The molecular formula is C25H30FN3O5. The molecular weight excluding hydrogens is 441 g/mol. The maximum atomic E-state index is 15.2. The molecule has 8 nitrogen and oxygen atoms in total. The fourth-order valence-corrected chi connectivity index (χ4v) is 5.16. The van der Waals surface area contributed by atoms with Crippen LogP contribution in [-0.4, -0.2) is 46.5 Å². The molecule has 2 saturated carbocycles. The highest BCUT2D eigenvalue weighted by Crippen LogP contribution is 2.54. The monoisotopic (exact) mass is 471 g/mol. The molecule has 34 heavy (non-hydrogen) atoms. The first-order valence-electron chi connectivity index (χ1n) is 11.8. The zero-order chi connectivity index (χ0) is 24.4. The molecule has 3 fully saturated rings. The first-order valence-corrected chi connectivity index (χ1v) is 11.8. The largest absolute Gasteiger partial charge is 0.477 e. The van der Waals surface area contributed by atoms with E-state index in [9.17, 15) is 19.5 Å². The normalized spacial score (nSPS) is 21.5. The van der Waals surface area contributed by atoms with Crippen molar-refractivity contribution in [3.8, 4) is 0 Å². The van der Waals surface area contributed by atoms with Crippen LogP contribution in [0.3, 0.4) is 0 Å². The zero-order valence-corrected chi connectivity index (χ0v) is 19.7. The second kappa shape index (κ2) is 7.71. The summed E-state index contributed by atoms with van der Waals surface area (Å²) >= 11 is 0. The highest BCUT2D eigenvalue weighted by Gasteiger charge is 2.56. The Morgan fingerprint density at radius 1 is 1.21 bits per heavy atom. The molecule has 1 atom stereocenters. The summed E-state index contributed by atoms with van der Waals surface area (Å²) in [5, 5.41) is 12.5. The van der Waals surface area contributed by atoms with E-state index in [0.29, 0.717) is 24.3 Å². The second-order valence-electron chi connectivity index (χ2n) is 10.9. The van der Waals surface area contributed by atoms with Gasteiger partial charge in [-0.25, -0.2) is 14.0 Å². The lowest BCUT2D eigenvalue weighted by atomic mass is 9.92. The van der Waals surface area contributed by atoms with Crippen LogP contribution in [0.1, 0.15) is 69.3 Å². The molecule has 2 N–H and O–H groups in total. The van der Waals surface area contributed by atoms with Gasteiger partial charge in [-0.1, -0.05) is 0 Å². The van der Waals surface area contributed by atoms with Crippen molar-refractivity contribution in [2.24, 2.45) is 5.41 Å². The number of carbonyl (C=O) groups is 2. The number of aromatic nitrogens is 1. The van der Waals surface area contributed by atoms with Crippen LogP contribution in [0.25, 0.3) is 10.9 Å². The maximum Gasteiger partial charge on any atom is 0.407 e. The average Bonchev–Trinajstić information content (AvgIpc) is 3.66. The minimum absolute atomic E-state index is 0.0211. The van der Waals surface area contributed by atoms with E-state index in [-0.39, 0.29) is 28.4 Å². The van der Waals surface area contributed by atoms with Crippen LogP contribution >= 0.6 is 0 Å². The van der Waals surface area contributed by atoms with Gasteiger partial charge in [-0.2, -0.15) is 0 Å². The molecule has 0 bridgehead atoms. The number of carboxylic acid groups (broad SMARTS) is 1. The summed E-state index contributed by atoms with van der Waals surface area (Å²) in [6, 6.07) is 3.08. The number of nitrogens with zero attached hydrogens (tertiary/aromatic N) is 2. The Balaban J connectivity index is 1.35. The topological polar surface area (TPSA) is 101 Å². The van der Waals surface area contributed by atoms with Crippen LogP contribution in [0.2, 0.25) is 0 Å². The molecule has 1 aromatic heterocycles. The predicted octanol–water partition coefficient (Wildman–Crippen LogP) is 4.06. The summed E-state index contributed by atoms with van der Waals surface area (Å²) in [6.45, 7) is 6.76. The molecule has 2 aliphatic carbocycles. The SMILES string of the molecule is CC(C)(C)OC(=O)NC1CC12CCN(c1cc3c(cc1F)c(=O)c(C(=O)O)cn3C1CC1)CC2. The highest BCUT2D eigenvalue weighted by molar-refractivity contribution is 5.93. The Morgan fingerprint density at radius 3 is 2.47 bits per heavy atom. The summed E-state index contributed by atoms with van der Waals surface area (Å²) in [5.74, 6) is -1.82. The number of ether oxygens (including phenoxy) is 1. The molecule has 1 unspecified atom stereocenters. The maximum absolute atomic E-state index is 15.2. The van der Waals surface area contributed by atoms with Gasteiger partial charge < -0.3 is 24.6 Å². The van der Waals surface area contributed by atoms with E-state index >= 15 is 4.39 Å². The zero-order valence-electron chi connectivity index (χ0n) is 19.7. The van der Waals surface area contributed by atoms with Gasteiger partial charge in [0.25, 0.3) is 0 Å². The lowest BCUT2D eigenvalue weighted by Crippen LogP contribution is -2.40. The van der Waals surface area contributed by atoms with E-state index in [4.69, 9.17) is 4.74 Å². The smallest absolute Gasteiger partial charge is 0.407 e. The number of benzene rings is 1. The van der Waals surface area contributed by atoms with Gasteiger partial charge >= 0.3 is 12.1 Å². The molecule has 1 saturated heterocycles. The van der Waals surface area contributed by atoms with E-state index in [0.717, 1.165) is 32.1 Å². The van der Waals surface area contributed by atoms with Crippen molar-refractivity contribution in [3.63, 3.8) is 0 Å². The molecule has 2 aromatic rings. The van der Waals surface area contributed by atoms with Crippen LogP contribution in [-0.2, 0) is 4.74 Å². The third-order valence-electron chi connectivity index (χ3n) is 7.25. The molecule has 3 aliphatic rings. The van der Waals surface area contributed by atoms with Gasteiger partial charge in [0, 0.05) is 36.8 Å². The van der Waals surface area contributed by atoms with Crippen molar-refractivity contribution in [1.29, 1.82) is 0 Å². The van der Waals surface area contributed by atoms with Crippen LogP contribution in [0, 0.1) is 11.2 Å². The summed E-state index contributed by atoms with van der Waals surface area (Å²) in [4.78, 5) is 38.3. The fourth-order valence-electron chi connectivity index (χ4n) is 5.16. The van der Waals surface area contributed by atoms with Crippen LogP contribution in [0.4, 0.5) is 14.9 Å². The van der Waals surface area contributed by atoms with E-state index in [1.165, 1.54) is 12.3 Å². The molecule has 1 aromatic carbocycles. The molecule has 5 rings (SSSR count). The number of alkyl carbamates (subject to hydrolysis) is 1. The summed E-state index contributed by atoms with van der Waals surface area (Å²) < 4.78 is 22.3. The van der Waals surface area contributed by atoms with Crippen molar-refractivity contribution >= 4 is 28.7 Å². The van der Waals surface area contributed by atoms with E-state index < -0.39 is 28.9 Å². The third-order valence-corrected chi connectivity index (χ3v) is 7.25. The third kappa shape index (κ3) is 4.12. The Labute approximate surface area is 196 Å². The predicted molar refractivity (Wildman–Crippen MR) is 125 cm³/mol. The molecule has 1 aliphatic heterocycles. The van der Waals surface area contributed by atoms with Gasteiger partial charge in [0.2, 0.25) is 5.43 Å². The van der Waals surface area contributed by atoms with Gasteiger partial charge in [0.05, 0.1) is 11.2 Å². The number of hydrogen-bond acceptors (Lipinski definition) is 5. The number of fused-ring (bicyclic) bond motifs is 1. The number of rotatable bonds is 4. The summed E-state index contributed by atoms with van der Waals surface area (Å²) in [5.41, 5.74) is -0.509. The van der Waals surface area contributed by atoms with Crippen molar-refractivity contribution in [2.45, 2.75) is 70.6 Å². The average molecular weight is 472 g/mol. The Kier molecular flexibility index (Phi) is 5.15. The number of anilines is 1. The lowest BCUT2D eigenvalue weighted by molar-refractivity contribution is 0.0513. The first kappa shape index (κ1) is 22.7. The van der Waals surface area contributed by atoms with Crippen LogP contribution < -0.4 is 15.6 Å². The van der Waals surface area contributed by atoms with Gasteiger partial charge in [0.1, 0.15) is 17.0 Å². The number of amides is 1. The number of piperidine rings is 1. The first-order chi connectivity index (χ1) is 16.0. The minimum atomic E-state index is -1.30.